The monoisotopic (exact) mass is 299 g/mol. The zero-order valence-corrected chi connectivity index (χ0v) is 11.6. The molecule has 4 nitrogen and oxygen atoms in total. The Labute approximate surface area is 122 Å². The number of furan rings is 1. The average Bonchev–Trinajstić information content (AvgIpc) is 2.85. The van der Waals surface area contributed by atoms with E-state index in [1.165, 1.54) is 12.1 Å². The molecule has 2 aromatic rings. The van der Waals surface area contributed by atoms with Gasteiger partial charge in [0, 0.05) is 5.56 Å². The minimum atomic E-state index is -0.912. The van der Waals surface area contributed by atoms with Gasteiger partial charge in [-0.25, -0.2) is 4.39 Å². The van der Waals surface area contributed by atoms with Crippen LogP contribution in [0.2, 0.25) is 0 Å². The SMILES string of the molecule is CC(NCc1ccc(-c2ccc(F)cc2)o1)C(=O)O.Cl. The number of carboxylic acids is 1. The maximum atomic E-state index is 12.8. The van der Waals surface area contributed by atoms with Crippen molar-refractivity contribution in [2.45, 2.75) is 19.5 Å². The van der Waals surface area contributed by atoms with Crippen molar-refractivity contribution in [1.82, 2.24) is 5.32 Å². The van der Waals surface area contributed by atoms with E-state index >= 15 is 0 Å². The number of hydrogen-bond donors (Lipinski definition) is 2. The lowest BCUT2D eigenvalue weighted by atomic mass is 10.2. The molecule has 0 saturated carbocycles. The maximum absolute atomic E-state index is 12.8. The van der Waals surface area contributed by atoms with E-state index in [2.05, 4.69) is 5.32 Å². The summed E-state index contributed by atoms with van der Waals surface area (Å²) < 4.78 is 18.4. The van der Waals surface area contributed by atoms with Crippen LogP contribution in [0.1, 0.15) is 12.7 Å². The third kappa shape index (κ3) is 4.08. The molecule has 2 N–H and O–H groups in total. The molecule has 20 heavy (non-hydrogen) atoms. The van der Waals surface area contributed by atoms with Gasteiger partial charge >= 0.3 is 5.97 Å². The fraction of sp³-hybridized carbons (Fsp3) is 0.214. The first-order valence-electron chi connectivity index (χ1n) is 5.87. The predicted octanol–water partition coefficient (Wildman–Crippen LogP) is 3.07. The first-order chi connectivity index (χ1) is 9.06. The van der Waals surface area contributed by atoms with Crippen molar-refractivity contribution in [1.29, 1.82) is 0 Å². The van der Waals surface area contributed by atoms with Crippen LogP contribution in [-0.2, 0) is 11.3 Å². The van der Waals surface area contributed by atoms with E-state index in [1.807, 2.05) is 0 Å². The Morgan fingerprint density at radius 1 is 1.30 bits per heavy atom. The molecule has 0 fully saturated rings. The molecule has 0 aliphatic heterocycles. The molecule has 2 rings (SSSR count). The van der Waals surface area contributed by atoms with E-state index < -0.39 is 12.0 Å². The molecule has 1 heterocycles. The van der Waals surface area contributed by atoms with Gasteiger partial charge in [0.25, 0.3) is 0 Å². The van der Waals surface area contributed by atoms with Gasteiger partial charge in [-0.05, 0) is 43.3 Å². The van der Waals surface area contributed by atoms with E-state index in [9.17, 15) is 9.18 Å². The Kier molecular flexibility index (Phi) is 5.73. The van der Waals surface area contributed by atoms with Gasteiger partial charge in [0.15, 0.2) is 0 Å². The van der Waals surface area contributed by atoms with E-state index in [-0.39, 0.29) is 18.2 Å². The van der Waals surface area contributed by atoms with Crippen LogP contribution < -0.4 is 5.32 Å². The normalized spacial score (nSPS) is 11.7. The molecule has 6 heteroatoms. The maximum Gasteiger partial charge on any atom is 0.320 e. The predicted molar refractivity (Wildman–Crippen MR) is 75.3 cm³/mol. The molecular formula is C14H15ClFNO3. The molecule has 0 aliphatic carbocycles. The lowest BCUT2D eigenvalue weighted by molar-refractivity contribution is -0.139. The molecule has 1 aromatic carbocycles. The summed E-state index contributed by atoms with van der Waals surface area (Å²) in [5, 5.41) is 11.6. The van der Waals surface area contributed by atoms with Crippen LogP contribution in [0.25, 0.3) is 11.3 Å². The van der Waals surface area contributed by atoms with Crippen molar-refractivity contribution in [2.75, 3.05) is 0 Å². The molecule has 108 valence electrons. The number of carbonyl (C=O) groups is 1. The summed E-state index contributed by atoms with van der Waals surface area (Å²) in [6.07, 6.45) is 0. The van der Waals surface area contributed by atoms with E-state index in [4.69, 9.17) is 9.52 Å². The van der Waals surface area contributed by atoms with Gasteiger partial charge in [-0.2, -0.15) is 0 Å². The second-order valence-electron chi connectivity index (χ2n) is 4.21. The number of rotatable bonds is 5. The minimum absolute atomic E-state index is 0. The molecule has 0 bridgehead atoms. The number of carboxylic acid groups (broad SMARTS) is 1. The Morgan fingerprint density at radius 2 is 1.95 bits per heavy atom. The number of halogens is 2. The third-order valence-electron chi connectivity index (χ3n) is 2.74. The van der Waals surface area contributed by atoms with Crippen LogP contribution in [0, 0.1) is 5.82 Å². The second kappa shape index (κ2) is 7.07. The highest BCUT2D eigenvalue weighted by Gasteiger charge is 2.11. The van der Waals surface area contributed by atoms with Crippen molar-refractivity contribution in [3.05, 3.63) is 48.0 Å². The van der Waals surface area contributed by atoms with Crippen LogP contribution in [0.3, 0.4) is 0 Å². The van der Waals surface area contributed by atoms with Crippen LogP contribution >= 0.6 is 12.4 Å². The molecule has 1 unspecified atom stereocenters. The summed E-state index contributed by atoms with van der Waals surface area (Å²) >= 11 is 0. The molecule has 0 saturated heterocycles. The molecule has 0 spiro atoms. The minimum Gasteiger partial charge on any atom is -0.480 e. The van der Waals surface area contributed by atoms with E-state index in [0.717, 1.165) is 5.56 Å². The van der Waals surface area contributed by atoms with Gasteiger partial charge in [0.05, 0.1) is 6.54 Å². The first-order valence-corrected chi connectivity index (χ1v) is 5.87. The van der Waals surface area contributed by atoms with Crippen molar-refractivity contribution >= 4 is 18.4 Å². The number of aliphatic carboxylic acids is 1. The Bertz CT molecular complexity index is 568. The lowest BCUT2D eigenvalue weighted by Crippen LogP contribution is -2.32. The summed E-state index contributed by atoms with van der Waals surface area (Å²) in [4.78, 5) is 10.7. The van der Waals surface area contributed by atoms with Gasteiger partial charge in [-0.1, -0.05) is 0 Å². The van der Waals surface area contributed by atoms with Gasteiger partial charge in [-0.3, -0.25) is 10.1 Å². The Morgan fingerprint density at radius 3 is 2.55 bits per heavy atom. The topological polar surface area (TPSA) is 62.5 Å². The standard InChI is InChI=1S/C14H14FNO3.ClH/c1-9(14(17)18)16-8-12-6-7-13(19-12)10-2-4-11(15)5-3-10;/h2-7,9,16H,8H2,1H3,(H,17,18);1H. The van der Waals surface area contributed by atoms with E-state index in [0.29, 0.717) is 18.1 Å². The second-order valence-corrected chi connectivity index (χ2v) is 4.21. The van der Waals surface area contributed by atoms with Crippen LogP contribution in [0.4, 0.5) is 4.39 Å². The molecule has 1 aromatic heterocycles. The summed E-state index contributed by atoms with van der Waals surface area (Å²) in [5.74, 6) is 0.0463. The smallest absolute Gasteiger partial charge is 0.320 e. The fourth-order valence-electron chi connectivity index (χ4n) is 1.58. The number of hydrogen-bond acceptors (Lipinski definition) is 3. The molecule has 0 aliphatic rings. The lowest BCUT2D eigenvalue weighted by Gasteiger charge is -2.06. The summed E-state index contributed by atoms with van der Waals surface area (Å²) in [7, 11) is 0. The molecule has 0 radical (unpaired) electrons. The summed E-state index contributed by atoms with van der Waals surface area (Å²) in [6.45, 7) is 1.89. The molecule has 1 atom stereocenters. The highest BCUT2D eigenvalue weighted by atomic mass is 35.5. The fourth-order valence-corrected chi connectivity index (χ4v) is 1.58. The van der Waals surface area contributed by atoms with E-state index in [1.54, 1.807) is 31.2 Å². The quantitative estimate of drug-likeness (QED) is 0.890. The van der Waals surface area contributed by atoms with Crippen LogP contribution in [-0.4, -0.2) is 17.1 Å². The Hall–Kier alpha value is -1.85. The van der Waals surface area contributed by atoms with Crippen molar-refractivity contribution in [2.24, 2.45) is 0 Å². The van der Waals surface area contributed by atoms with Gasteiger partial charge < -0.3 is 9.52 Å². The first kappa shape index (κ1) is 16.2. The van der Waals surface area contributed by atoms with Crippen LogP contribution in [0.15, 0.2) is 40.8 Å². The zero-order chi connectivity index (χ0) is 13.8. The average molecular weight is 300 g/mol. The number of benzene rings is 1. The molecular weight excluding hydrogens is 285 g/mol. The van der Waals surface area contributed by atoms with Crippen molar-refractivity contribution in [3.8, 4) is 11.3 Å². The zero-order valence-electron chi connectivity index (χ0n) is 10.8. The van der Waals surface area contributed by atoms with Gasteiger partial charge in [-0.15, -0.1) is 12.4 Å². The Balaban J connectivity index is 0.00000200. The van der Waals surface area contributed by atoms with Crippen LogP contribution in [0.5, 0.6) is 0 Å². The van der Waals surface area contributed by atoms with Gasteiger partial charge in [0.1, 0.15) is 23.4 Å². The van der Waals surface area contributed by atoms with Crippen molar-refractivity contribution in [3.63, 3.8) is 0 Å². The van der Waals surface area contributed by atoms with Gasteiger partial charge in [0.2, 0.25) is 0 Å². The highest BCUT2D eigenvalue weighted by Crippen LogP contribution is 2.22. The summed E-state index contributed by atoms with van der Waals surface area (Å²) in [5.41, 5.74) is 0.777. The summed E-state index contributed by atoms with van der Waals surface area (Å²) in [6, 6.07) is 8.89. The molecule has 0 amide bonds. The largest absolute Gasteiger partial charge is 0.480 e. The number of nitrogens with one attached hydrogen (secondary N) is 1. The van der Waals surface area contributed by atoms with Crippen molar-refractivity contribution < 1.29 is 18.7 Å². The third-order valence-corrected chi connectivity index (χ3v) is 2.74. The highest BCUT2D eigenvalue weighted by molar-refractivity contribution is 5.85.